The highest BCUT2D eigenvalue weighted by atomic mass is 16.6. The van der Waals surface area contributed by atoms with E-state index in [0.29, 0.717) is 13.0 Å². The van der Waals surface area contributed by atoms with Crippen molar-refractivity contribution in [2.24, 2.45) is 0 Å². The number of nitrogens with one attached hydrogen (secondary N) is 1. The highest BCUT2D eigenvalue weighted by Gasteiger charge is 2.57. The van der Waals surface area contributed by atoms with Gasteiger partial charge in [0.25, 0.3) is 5.69 Å². The Bertz CT molecular complexity index is 949. The number of hydrogen-bond acceptors (Lipinski definition) is 4. The number of amides is 1. The van der Waals surface area contributed by atoms with E-state index in [0.717, 1.165) is 11.3 Å². The normalized spacial score (nSPS) is 23.0. The van der Waals surface area contributed by atoms with Crippen molar-refractivity contribution in [1.82, 2.24) is 5.32 Å². The lowest BCUT2D eigenvalue weighted by Gasteiger charge is -2.49. The van der Waals surface area contributed by atoms with Crippen LogP contribution in [-0.4, -0.2) is 23.0 Å². The molecular weight excluding hydrogens is 342 g/mol. The largest absolute Gasteiger partial charge is 0.344 e. The number of rotatable bonds is 3. The second kappa shape index (κ2) is 5.94. The standard InChI is InChI=1S/C21H21N3O3/c1-20(2)17-5-3-4-6-18(17)23-14-12-19(25)22-21(20,23)13-11-15-7-9-16(10-8-15)24(26)27/h3-11,13H,12,14H2,1-2H3,(H,22,25)/b13-11+. The SMILES string of the molecule is CC1(C)c2ccccc2N2CCC(=O)NC21/C=C/c1ccc([N+](=O)[O-])cc1. The van der Waals surface area contributed by atoms with E-state index in [2.05, 4.69) is 36.2 Å². The third-order valence-corrected chi connectivity index (χ3v) is 5.76. The van der Waals surface area contributed by atoms with Gasteiger partial charge in [-0.2, -0.15) is 0 Å². The molecule has 138 valence electrons. The molecule has 1 saturated heterocycles. The smallest absolute Gasteiger partial charge is 0.269 e. The summed E-state index contributed by atoms with van der Waals surface area (Å²) < 4.78 is 0. The van der Waals surface area contributed by atoms with Crippen molar-refractivity contribution >= 4 is 23.4 Å². The molecule has 2 aromatic rings. The van der Waals surface area contributed by atoms with Crippen molar-refractivity contribution in [1.29, 1.82) is 0 Å². The Hall–Kier alpha value is -3.15. The Kier molecular flexibility index (Phi) is 3.80. The zero-order valence-electron chi connectivity index (χ0n) is 15.3. The zero-order valence-corrected chi connectivity index (χ0v) is 15.3. The summed E-state index contributed by atoms with van der Waals surface area (Å²) in [5.74, 6) is 0.0282. The minimum atomic E-state index is -0.673. The van der Waals surface area contributed by atoms with Crippen molar-refractivity contribution < 1.29 is 9.72 Å². The molecule has 0 aromatic heterocycles. The number of para-hydroxylation sites is 1. The van der Waals surface area contributed by atoms with Gasteiger partial charge in [-0.1, -0.05) is 38.1 Å². The summed E-state index contributed by atoms with van der Waals surface area (Å²) in [4.78, 5) is 25.0. The fourth-order valence-corrected chi connectivity index (χ4v) is 4.24. The summed E-state index contributed by atoms with van der Waals surface area (Å²) in [6, 6.07) is 14.7. The van der Waals surface area contributed by atoms with Crippen LogP contribution in [0, 0.1) is 10.1 Å². The highest BCUT2D eigenvalue weighted by Crippen LogP contribution is 2.52. The monoisotopic (exact) mass is 363 g/mol. The molecule has 0 radical (unpaired) electrons. The summed E-state index contributed by atoms with van der Waals surface area (Å²) in [6.45, 7) is 4.92. The Morgan fingerprint density at radius 3 is 2.56 bits per heavy atom. The minimum Gasteiger partial charge on any atom is -0.344 e. The summed E-state index contributed by atoms with van der Waals surface area (Å²) in [5, 5.41) is 14.1. The van der Waals surface area contributed by atoms with E-state index < -0.39 is 10.6 Å². The number of nitro benzene ring substituents is 1. The quantitative estimate of drug-likeness (QED) is 0.667. The molecule has 1 unspecified atom stereocenters. The van der Waals surface area contributed by atoms with Crippen molar-refractivity contribution in [2.45, 2.75) is 31.3 Å². The van der Waals surface area contributed by atoms with Crippen LogP contribution in [0.5, 0.6) is 0 Å². The van der Waals surface area contributed by atoms with Gasteiger partial charge in [-0.05, 0) is 35.4 Å². The molecule has 0 spiro atoms. The van der Waals surface area contributed by atoms with E-state index in [1.54, 1.807) is 12.1 Å². The molecule has 1 N–H and O–H groups in total. The zero-order chi connectivity index (χ0) is 19.2. The van der Waals surface area contributed by atoms with Crippen molar-refractivity contribution in [3.63, 3.8) is 0 Å². The molecule has 0 aliphatic carbocycles. The number of benzene rings is 2. The van der Waals surface area contributed by atoms with Gasteiger partial charge in [-0.3, -0.25) is 14.9 Å². The van der Waals surface area contributed by atoms with E-state index in [1.807, 2.05) is 24.3 Å². The maximum Gasteiger partial charge on any atom is 0.269 e. The number of carbonyl (C=O) groups excluding carboxylic acids is 1. The first kappa shape index (κ1) is 17.3. The fourth-order valence-electron chi connectivity index (χ4n) is 4.24. The molecule has 1 amide bonds. The van der Waals surface area contributed by atoms with Crippen molar-refractivity contribution in [3.05, 3.63) is 75.8 Å². The third kappa shape index (κ3) is 2.51. The minimum absolute atomic E-state index is 0.0282. The van der Waals surface area contributed by atoms with Crippen molar-refractivity contribution in [2.75, 3.05) is 11.4 Å². The number of non-ortho nitro benzene ring substituents is 1. The number of fused-ring (bicyclic) bond motifs is 3. The maximum absolute atomic E-state index is 12.3. The Balaban J connectivity index is 1.78. The number of nitro groups is 1. The average Bonchev–Trinajstić information content (AvgIpc) is 2.85. The molecule has 0 saturated carbocycles. The molecule has 6 heteroatoms. The number of nitrogens with zero attached hydrogens (tertiary/aromatic N) is 2. The predicted molar refractivity (Wildman–Crippen MR) is 104 cm³/mol. The Morgan fingerprint density at radius 2 is 1.85 bits per heavy atom. The van der Waals surface area contributed by atoms with Gasteiger partial charge in [-0.15, -0.1) is 0 Å². The third-order valence-electron chi connectivity index (χ3n) is 5.76. The lowest BCUT2D eigenvalue weighted by Crippen LogP contribution is -2.68. The van der Waals surface area contributed by atoms with Crippen molar-refractivity contribution in [3.8, 4) is 0 Å². The highest BCUT2D eigenvalue weighted by molar-refractivity contribution is 5.84. The van der Waals surface area contributed by atoms with E-state index in [-0.39, 0.29) is 17.0 Å². The summed E-state index contributed by atoms with van der Waals surface area (Å²) in [5.41, 5.74) is 2.23. The van der Waals surface area contributed by atoms with Crippen LogP contribution in [0.3, 0.4) is 0 Å². The van der Waals surface area contributed by atoms with Gasteiger partial charge in [0.1, 0.15) is 5.66 Å². The van der Waals surface area contributed by atoms with Gasteiger partial charge in [0.05, 0.1) is 4.92 Å². The van der Waals surface area contributed by atoms with Crippen LogP contribution < -0.4 is 10.2 Å². The van der Waals surface area contributed by atoms with E-state index in [1.165, 1.54) is 17.7 Å². The molecule has 2 heterocycles. The van der Waals surface area contributed by atoms with Crippen LogP contribution in [-0.2, 0) is 10.2 Å². The average molecular weight is 363 g/mol. The van der Waals surface area contributed by atoms with Gasteiger partial charge in [-0.25, -0.2) is 0 Å². The summed E-state index contributed by atoms with van der Waals surface area (Å²) in [6.07, 6.45) is 4.40. The number of anilines is 1. The lowest BCUT2D eigenvalue weighted by atomic mass is 9.74. The Labute approximate surface area is 157 Å². The molecule has 4 rings (SSSR count). The van der Waals surface area contributed by atoms with Crippen LogP contribution in [0.15, 0.2) is 54.6 Å². The van der Waals surface area contributed by atoms with Crippen LogP contribution in [0.2, 0.25) is 0 Å². The molecule has 0 bridgehead atoms. The molecule has 1 atom stereocenters. The summed E-state index contributed by atoms with van der Waals surface area (Å²) >= 11 is 0. The lowest BCUT2D eigenvalue weighted by molar-refractivity contribution is -0.384. The first-order chi connectivity index (χ1) is 12.8. The Morgan fingerprint density at radius 1 is 1.15 bits per heavy atom. The van der Waals surface area contributed by atoms with Gasteiger partial charge < -0.3 is 10.2 Å². The van der Waals surface area contributed by atoms with Gasteiger partial charge in [0.2, 0.25) is 5.91 Å². The van der Waals surface area contributed by atoms with Crippen LogP contribution in [0.25, 0.3) is 6.08 Å². The van der Waals surface area contributed by atoms with E-state index >= 15 is 0 Å². The molecule has 2 aromatic carbocycles. The molecule has 6 nitrogen and oxygen atoms in total. The first-order valence-corrected chi connectivity index (χ1v) is 8.97. The van der Waals surface area contributed by atoms with Crippen LogP contribution >= 0.6 is 0 Å². The van der Waals surface area contributed by atoms with E-state index in [4.69, 9.17) is 0 Å². The molecule has 2 aliphatic heterocycles. The summed E-state index contributed by atoms with van der Waals surface area (Å²) in [7, 11) is 0. The van der Waals surface area contributed by atoms with Crippen LogP contribution in [0.4, 0.5) is 11.4 Å². The second-order valence-electron chi connectivity index (χ2n) is 7.54. The van der Waals surface area contributed by atoms with E-state index in [9.17, 15) is 14.9 Å². The van der Waals surface area contributed by atoms with Gasteiger partial charge in [0, 0.05) is 36.2 Å². The van der Waals surface area contributed by atoms with Crippen LogP contribution in [0.1, 0.15) is 31.4 Å². The maximum atomic E-state index is 12.3. The topological polar surface area (TPSA) is 75.5 Å². The van der Waals surface area contributed by atoms with Gasteiger partial charge >= 0.3 is 0 Å². The number of carbonyl (C=O) groups is 1. The number of hydrogen-bond donors (Lipinski definition) is 1. The predicted octanol–water partition coefficient (Wildman–Crippen LogP) is 3.62. The second-order valence-corrected chi connectivity index (χ2v) is 7.54. The molecule has 1 fully saturated rings. The first-order valence-electron chi connectivity index (χ1n) is 8.97. The molecular formula is C21H21N3O3. The van der Waals surface area contributed by atoms with Gasteiger partial charge in [0.15, 0.2) is 0 Å². The molecule has 27 heavy (non-hydrogen) atoms. The molecule has 2 aliphatic rings. The fraction of sp³-hybridized carbons (Fsp3) is 0.286.